The number of amides is 2. The van der Waals surface area contributed by atoms with E-state index in [1.54, 1.807) is 23.4 Å². The zero-order valence-electron chi connectivity index (χ0n) is 21.2. The fourth-order valence-corrected chi connectivity index (χ4v) is 4.71. The first-order chi connectivity index (χ1) is 17.7. The van der Waals surface area contributed by atoms with Gasteiger partial charge >= 0.3 is 6.09 Å². The fraction of sp³-hybridized carbons (Fsp3) is 0.276. The number of imidazole rings is 1. The summed E-state index contributed by atoms with van der Waals surface area (Å²) >= 11 is 0. The molecule has 5 rings (SSSR count). The van der Waals surface area contributed by atoms with Crippen molar-refractivity contribution in [2.75, 3.05) is 13.2 Å². The molecule has 0 saturated carbocycles. The number of carbonyl (C=O) groups excluding carboxylic acids is 2. The summed E-state index contributed by atoms with van der Waals surface area (Å²) in [5, 5.41) is 0. The molecule has 1 atom stereocenters. The van der Waals surface area contributed by atoms with Crippen molar-refractivity contribution in [3.05, 3.63) is 83.7 Å². The Hall–Kier alpha value is -4.33. The molecule has 8 nitrogen and oxygen atoms in total. The van der Waals surface area contributed by atoms with Crippen LogP contribution in [0.2, 0.25) is 0 Å². The molecule has 0 fully saturated rings. The maximum absolute atomic E-state index is 13.4. The summed E-state index contributed by atoms with van der Waals surface area (Å²) < 4.78 is 11.3. The van der Waals surface area contributed by atoms with Gasteiger partial charge in [0.15, 0.2) is 0 Å². The number of ether oxygens (including phenoxy) is 2. The Morgan fingerprint density at radius 2 is 1.78 bits per heavy atom. The van der Waals surface area contributed by atoms with Crippen LogP contribution in [0.1, 0.15) is 48.4 Å². The van der Waals surface area contributed by atoms with E-state index in [0.29, 0.717) is 25.3 Å². The van der Waals surface area contributed by atoms with Crippen LogP contribution in [0.3, 0.4) is 0 Å². The van der Waals surface area contributed by atoms with Crippen LogP contribution in [-0.4, -0.2) is 40.0 Å². The summed E-state index contributed by atoms with van der Waals surface area (Å²) in [4.78, 5) is 34.1. The van der Waals surface area contributed by atoms with Crippen LogP contribution in [0.25, 0.3) is 22.2 Å². The zero-order valence-corrected chi connectivity index (χ0v) is 21.2. The van der Waals surface area contributed by atoms with E-state index in [2.05, 4.69) is 22.1 Å². The molecule has 37 heavy (non-hydrogen) atoms. The number of benzene rings is 3. The van der Waals surface area contributed by atoms with Crippen LogP contribution in [0, 0.1) is 5.41 Å². The van der Waals surface area contributed by atoms with Gasteiger partial charge in [-0.2, -0.15) is 0 Å². The predicted molar refractivity (Wildman–Crippen MR) is 141 cm³/mol. The van der Waals surface area contributed by atoms with Gasteiger partial charge in [0.1, 0.15) is 18.5 Å². The lowest BCUT2D eigenvalue weighted by Crippen LogP contribution is -2.32. The molecule has 0 aliphatic carbocycles. The molecule has 2 heterocycles. The zero-order chi connectivity index (χ0) is 26.2. The van der Waals surface area contributed by atoms with Gasteiger partial charge in [0.05, 0.1) is 23.9 Å². The topological polar surface area (TPSA) is 111 Å². The van der Waals surface area contributed by atoms with Crippen molar-refractivity contribution in [1.29, 1.82) is 0 Å². The summed E-state index contributed by atoms with van der Waals surface area (Å²) in [5.74, 6) is 0.698. The van der Waals surface area contributed by atoms with Gasteiger partial charge < -0.3 is 25.1 Å². The molecule has 3 aromatic carbocycles. The Labute approximate surface area is 215 Å². The van der Waals surface area contributed by atoms with Crippen LogP contribution >= 0.6 is 0 Å². The lowest BCUT2D eigenvalue weighted by Gasteiger charge is -2.30. The van der Waals surface area contributed by atoms with E-state index in [-0.39, 0.29) is 11.3 Å². The second-order valence-corrected chi connectivity index (χ2v) is 10.3. The highest BCUT2D eigenvalue weighted by Crippen LogP contribution is 2.36. The lowest BCUT2D eigenvalue weighted by atomic mass is 9.84. The van der Waals surface area contributed by atoms with Crippen molar-refractivity contribution in [2.45, 2.75) is 33.4 Å². The maximum atomic E-state index is 13.4. The van der Waals surface area contributed by atoms with Crippen LogP contribution < -0.4 is 10.5 Å². The number of primary amides is 1. The van der Waals surface area contributed by atoms with Gasteiger partial charge in [-0.05, 0) is 53.1 Å². The molecule has 4 aromatic rings. The average molecular weight is 499 g/mol. The van der Waals surface area contributed by atoms with Crippen molar-refractivity contribution in [2.24, 2.45) is 11.1 Å². The van der Waals surface area contributed by atoms with E-state index >= 15 is 0 Å². The van der Waals surface area contributed by atoms with Crippen molar-refractivity contribution in [3.8, 4) is 16.9 Å². The van der Waals surface area contributed by atoms with E-state index in [0.717, 1.165) is 39.0 Å². The highest BCUT2D eigenvalue weighted by molar-refractivity contribution is 5.94. The van der Waals surface area contributed by atoms with Crippen molar-refractivity contribution >= 4 is 23.0 Å². The van der Waals surface area contributed by atoms with E-state index in [1.807, 2.05) is 57.2 Å². The lowest BCUT2D eigenvalue weighted by molar-refractivity contribution is 0.0359. The standard InChI is InChI=1S/C29H30N4O4/c1-29(2,3)26(37-28(30)35)18-4-6-19(7-5-18)27(34)33-12-13-36-25-11-9-20(14-22(25)16-33)21-8-10-23-24(15-21)32-17-31-23/h4-11,14-15,17,26H,12-13,16H2,1-3H3,(H2,30,35)(H,31,32). The van der Waals surface area contributed by atoms with Crippen LogP contribution in [-0.2, 0) is 11.3 Å². The highest BCUT2D eigenvalue weighted by Gasteiger charge is 2.30. The number of nitrogens with one attached hydrogen (secondary N) is 1. The SMILES string of the molecule is CC(C)(C)C(OC(N)=O)c1ccc(C(=O)N2CCOc3ccc(-c4ccc5nc[nH]c5c4)cc3C2)cc1. The number of hydrogen-bond acceptors (Lipinski definition) is 5. The summed E-state index contributed by atoms with van der Waals surface area (Å²) in [5.41, 5.74) is 11.2. The molecule has 1 aliphatic heterocycles. The molecular formula is C29H30N4O4. The Morgan fingerprint density at radius 3 is 2.51 bits per heavy atom. The number of aromatic nitrogens is 2. The van der Waals surface area contributed by atoms with E-state index < -0.39 is 12.2 Å². The quantitative estimate of drug-likeness (QED) is 0.389. The second-order valence-electron chi connectivity index (χ2n) is 10.3. The molecule has 1 unspecified atom stereocenters. The van der Waals surface area contributed by atoms with Gasteiger partial charge in [-0.1, -0.05) is 45.0 Å². The molecule has 2 amide bonds. The van der Waals surface area contributed by atoms with Crippen molar-refractivity contribution < 1.29 is 19.1 Å². The Kier molecular flexibility index (Phi) is 6.33. The minimum atomic E-state index is -0.827. The minimum Gasteiger partial charge on any atom is -0.491 e. The molecule has 1 aromatic heterocycles. The number of hydrogen-bond donors (Lipinski definition) is 2. The number of nitrogens with zero attached hydrogens (tertiary/aromatic N) is 2. The van der Waals surface area contributed by atoms with Crippen LogP contribution in [0.4, 0.5) is 4.79 Å². The number of aromatic amines is 1. The Morgan fingerprint density at radius 1 is 1.05 bits per heavy atom. The first-order valence-corrected chi connectivity index (χ1v) is 12.2. The third-order valence-corrected chi connectivity index (χ3v) is 6.56. The normalized spacial score (nSPS) is 14.4. The summed E-state index contributed by atoms with van der Waals surface area (Å²) in [6.07, 6.45) is 0.336. The van der Waals surface area contributed by atoms with Gasteiger partial charge in [-0.15, -0.1) is 0 Å². The minimum absolute atomic E-state index is 0.0876. The molecule has 0 saturated heterocycles. The van der Waals surface area contributed by atoms with Crippen molar-refractivity contribution in [3.63, 3.8) is 0 Å². The third kappa shape index (κ3) is 5.14. The molecule has 3 N–H and O–H groups in total. The monoisotopic (exact) mass is 498 g/mol. The largest absolute Gasteiger partial charge is 0.491 e. The number of fused-ring (bicyclic) bond motifs is 2. The third-order valence-electron chi connectivity index (χ3n) is 6.56. The van der Waals surface area contributed by atoms with Crippen molar-refractivity contribution in [1.82, 2.24) is 14.9 Å². The van der Waals surface area contributed by atoms with Gasteiger partial charge in [0.25, 0.3) is 5.91 Å². The first-order valence-electron chi connectivity index (χ1n) is 12.2. The van der Waals surface area contributed by atoms with Gasteiger partial charge in [0.2, 0.25) is 0 Å². The summed E-state index contributed by atoms with van der Waals surface area (Å²) in [7, 11) is 0. The molecule has 190 valence electrons. The van der Waals surface area contributed by atoms with Gasteiger partial charge in [-0.25, -0.2) is 9.78 Å². The predicted octanol–water partition coefficient (Wildman–Crippen LogP) is 5.45. The number of carbonyl (C=O) groups is 2. The Bertz CT molecular complexity index is 1450. The van der Waals surface area contributed by atoms with E-state index in [9.17, 15) is 9.59 Å². The van der Waals surface area contributed by atoms with Crippen LogP contribution in [0.15, 0.2) is 67.0 Å². The molecular weight excluding hydrogens is 468 g/mol. The first kappa shape index (κ1) is 24.4. The number of H-pyrrole nitrogens is 1. The fourth-order valence-electron chi connectivity index (χ4n) is 4.71. The molecule has 1 aliphatic rings. The maximum Gasteiger partial charge on any atom is 0.405 e. The molecule has 0 spiro atoms. The van der Waals surface area contributed by atoms with Gasteiger partial charge in [0, 0.05) is 23.1 Å². The molecule has 0 radical (unpaired) electrons. The molecule has 0 bridgehead atoms. The second kappa shape index (κ2) is 9.61. The summed E-state index contributed by atoms with van der Waals surface area (Å²) in [6.45, 7) is 7.22. The number of nitrogens with two attached hydrogens (primary N) is 1. The van der Waals surface area contributed by atoms with Gasteiger partial charge in [-0.3, -0.25) is 4.79 Å². The molecule has 8 heteroatoms. The summed E-state index contributed by atoms with van der Waals surface area (Å²) in [6, 6.07) is 19.3. The van der Waals surface area contributed by atoms with E-state index in [1.165, 1.54) is 0 Å². The van der Waals surface area contributed by atoms with E-state index in [4.69, 9.17) is 15.2 Å². The Balaban J connectivity index is 1.37. The average Bonchev–Trinajstić information content (AvgIpc) is 3.24. The van der Waals surface area contributed by atoms with Crippen LogP contribution in [0.5, 0.6) is 5.75 Å². The highest BCUT2D eigenvalue weighted by atomic mass is 16.6. The number of rotatable bonds is 4. The smallest absolute Gasteiger partial charge is 0.405 e.